The van der Waals surface area contributed by atoms with Crippen molar-refractivity contribution in [2.24, 2.45) is 0 Å². The van der Waals surface area contributed by atoms with Crippen LogP contribution in [0.3, 0.4) is 0 Å². The van der Waals surface area contributed by atoms with Crippen LogP contribution in [0, 0.1) is 0 Å². The maximum absolute atomic E-state index is 12.6. The molecule has 0 bridgehead atoms. The minimum Gasteiger partial charge on any atom is -0.456 e. The Labute approximate surface area is 177 Å². The third-order valence-electron chi connectivity index (χ3n) is 5.52. The Morgan fingerprint density at radius 2 is 1.71 bits per heavy atom. The molecule has 0 radical (unpaired) electrons. The highest BCUT2D eigenvalue weighted by molar-refractivity contribution is 5.99. The Balaban J connectivity index is 1.27. The molecule has 0 N–H and O–H groups in total. The van der Waals surface area contributed by atoms with Crippen LogP contribution in [0.1, 0.15) is 21.5 Å². The number of esters is 1. The predicted molar refractivity (Wildman–Crippen MR) is 116 cm³/mol. The average molecular weight is 410 g/mol. The first-order valence-corrected chi connectivity index (χ1v) is 9.94. The smallest absolute Gasteiger partial charge is 0.326 e. The summed E-state index contributed by atoms with van der Waals surface area (Å²) in [5.74, 6) is -0.955. The molecule has 6 nitrogen and oxygen atoms in total. The van der Waals surface area contributed by atoms with Crippen LogP contribution < -0.4 is 5.56 Å². The topological polar surface area (TPSA) is 78.3 Å². The molecule has 0 saturated heterocycles. The molecule has 5 rings (SSSR count). The number of hydrogen-bond acceptors (Lipinski definition) is 5. The van der Waals surface area contributed by atoms with Gasteiger partial charge in [-0.15, -0.1) is 0 Å². The molecule has 0 aliphatic heterocycles. The number of carbonyl (C=O) groups excluding carboxylic acids is 2. The fourth-order valence-electron chi connectivity index (χ4n) is 3.93. The van der Waals surface area contributed by atoms with E-state index < -0.39 is 5.97 Å². The highest BCUT2D eigenvalue weighted by Gasteiger charge is 2.20. The molecule has 0 spiro atoms. The Bertz CT molecular complexity index is 1400. The molecule has 3 aromatic carbocycles. The normalized spacial score (nSPS) is 11.7. The van der Waals surface area contributed by atoms with Crippen LogP contribution in [-0.2, 0) is 22.5 Å². The number of hydrogen-bond donors (Lipinski definition) is 0. The summed E-state index contributed by atoms with van der Waals surface area (Å²) in [6, 6.07) is 20.6. The summed E-state index contributed by atoms with van der Waals surface area (Å²) >= 11 is 0. The molecule has 1 aromatic heterocycles. The Morgan fingerprint density at radius 3 is 2.61 bits per heavy atom. The highest BCUT2D eigenvalue weighted by Crippen LogP contribution is 2.36. The van der Waals surface area contributed by atoms with Gasteiger partial charge in [0.2, 0.25) is 0 Å². The number of para-hydroxylation sites is 1. The summed E-state index contributed by atoms with van der Waals surface area (Å²) in [5, 5.41) is 0.423. The molecular weight excluding hydrogens is 392 g/mol. The van der Waals surface area contributed by atoms with Gasteiger partial charge in [-0.25, -0.2) is 4.98 Å². The zero-order valence-corrected chi connectivity index (χ0v) is 16.6. The molecule has 6 heteroatoms. The van der Waals surface area contributed by atoms with Gasteiger partial charge >= 0.3 is 5.97 Å². The van der Waals surface area contributed by atoms with Crippen LogP contribution >= 0.6 is 0 Å². The van der Waals surface area contributed by atoms with Crippen molar-refractivity contribution in [1.82, 2.24) is 9.55 Å². The number of fused-ring (bicyclic) bond motifs is 4. The molecule has 4 aromatic rings. The van der Waals surface area contributed by atoms with Crippen LogP contribution in [0.5, 0.6) is 0 Å². The van der Waals surface area contributed by atoms with E-state index in [-0.39, 0.29) is 24.5 Å². The standard InChI is InChI=1S/C25H18N2O4/c28-23(18-10-9-17-11-16-5-1-2-6-19(16)21(17)12-18)14-31-24(29)13-27-15-26-22-8-4-3-7-20(22)25(27)30/h1-10,12,15H,11,13-14H2. The second kappa shape index (κ2) is 7.65. The number of nitrogens with zero attached hydrogens (tertiary/aromatic N) is 2. The van der Waals surface area contributed by atoms with E-state index in [9.17, 15) is 14.4 Å². The zero-order chi connectivity index (χ0) is 21.4. The number of Topliss-reactive ketones (excluding diaryl/α,β-unsaturated/α-hetero) is 1. The van der Waals surface area contributed by atoms with E-state index in [1.165, 1.54) is 22.0 Å². The lowest BCUT2D eigenvalue weighted by molar-refractivity contribution is -0.143. The third kappa shape index (κ3) is 3.53. The molecule has 0 atom stereocenters. The number of aromatic nitrogens is 2. The number of carbonyl (C=O) groups is 2. The second-order valence-electron chi connectivity index (χ2n) is 7.48. The summed E-state index contributed by atoms with van der Waals surface area (Å²) in [4.78, 5) is 41.5. The van der Waals surface area contributed by atoms with Crippen molar-refractivity contribution in [3.8, 4) is 11.1 Å². The number of ketones is 1. The van der Waals surface area contributed by atoms with Crippen molar-refractivity contribution >= 4 is 22.7 Å². The molecular formula is C25H18N2O4. The maximum Gasteiger partial charge on any atom is 0.326 e. The van der Waals surface area contributed by atoms with Crippen molar-refractivity contribution in [2.45, 2.75) is 13.0 Å². The lowest BCUT2D eigenvalue weighted by atomic mass is 10.0. The maximum atomic E-state index is 12.6. The molecule has 1 aliphatic carbocycles. The van der Waals surface area contributed by atoms with Crippen LogP contribution in [0.4, 0.5) is 0 Å². The SMILES string of the molecule is O=C(Cn1cnc2ccccc2c1=O)OCC(=O)c1ccc2c(c1)-c1ccccc1C2. The van der Waals surface area contributed by atoms with Crippen molar-refractivity contribution in [1.29, 1.82) is 0 Å². The molecule has 31 heavy (non-hydrogen) atoms. The predicted octanol–water partition coefficient (Wildman–Crippen LogP) is 3.39. The van der Waals surface area contributed by atoms with E-state index in [4.69, 9.17) is 4.74 Å². The van der Waals surface area contributed by atoms with E-state index in [0.717, 1.165) is 17.5 Å². The summed E-state index contributed by atoms with van der Waals surface area (Å²) in [6.45, 7) is -0.684. The molecule has 1 aliphatic rings. The summed E-state index contributed by atoms with van der Waals surface area (Å²) in [6.07, 6.45) is 2.16. The van der Waals surface area contributed by atoms with Crippen molar-refractivity contribution in [3.05, 3.63) is 100 Å². The van der Waals surface area contributed by atoms with E-state index >= 15 is 0 Å². The van der Waals surface area contributed by atoms with Gasteiger partial charge in [-0.05, 0) is 46.9 Å². The molecule has 1 heterocycles. The minimum absolute atomic E-state index is 0.287. The first kappa shape index (κ1) is 18.9. The van der Waals surface area contributed by atoms with E-state index in [0.29, 0.717) is 16.5 Å². The highest BCUT2D eigenvalue weighted by atomic mass is 16.5. The van der Waals surface area contributed by atoms with Gasteiger partial charge in [-0.2, -0.15) is 0 Å². The summed E-state index contributed by atoms with van der Waals surface area (Å²) in [7, 11) is 0. The van der Waals surface area contributed by atoms with Crippen LogP contribution in [0.2, 0.25) is 0 Å². The lowest BCUT2D eigenvalue weighted by Gasteiger charge is -2.08. The summed E-state index contributed by atoms with van der Waals surface area (Å²) in [5.41, 5.74) is 5.32. The Kier molecular flexibility index (Phi) is 4.67. The van der Waals surface area contributed by atoms with Gasteiger partial charge in [0.25, 0.3) is 5.56 Å². The monoisotopic (exact) mass is 410 g/mol. The molecule has 0 saturated carbocycles. The largest absolute Gasteiger partial charge is 0.456 e. The lowest BCUT2D eigenvalue weighted by Crippen LogP contribution is -2.26. The van der Waals surface area contributed by atoms with Gasteiger partial charge in [-0.1, -0.05) is 48.5 Å². The van der Waals surface area contributed by atoms with Crippen LogP contribution in [0.25, 0.3) is 22.0 Å². The van der Waals surface area contributed by atoms with Crippen molar-refractivity contribution in [2.75, 3.05) is 6.61 Å². The average Bonchev–Trinajstić information content (AvgIpc) is 3.17. The molecule has 0 unspecified atom stereocenters. The van der Waals surface area contributed by atoms with Gasteiger partial charge in [0.15, 0.2) is 12.4 Å². The van der Waals surface area contributed by atoms with E-state index in [1.807, 2.05) is 30.3 Å². The van der Waals surface area contributed by atoms with E-state index in [1.54, 1.807) is 30.3 Å². The first-order valence-electron chi connectivity index (χ1n) is 9.94. The minimum atomic E-state index is -0.668. The van der Waals surface area contributed by atoms with Crippen LogP contribution in [-0.4, -0.2) is 27.9 Å². The third-order valence-corrected chi connectivity index (χ3v) is 5.52. The van der Waals surface area contributed by atoms with E-state index in [2.05, 4.69) is 11.1 Å². The fourth-order valence-corrected chi connectivity index (χ4v) is 3.93. The fraction of sp³-hybridized carbons (Fsp3) is 0.120. The number of benzene rings is 3. The zero-order valence-electron chi connectivity index (χ0n) is 16.6. The van der Waals surface area contributed by atoms with Crippen molar-refractivity contribution in [3.63, 3.8) is 0 Å². The number of ether oxygens (including phenoxy) is 1. The Hall–Kier alpha value is -4.06. The van der Waals surface area contributed by atoms with Gasteiger partial charge in [0.1, 0.15) is 6.54 Å². The number of rotatable bonds is 5. The quantitative estimate of drug-likeness (QED) is 0.328. The van der Waals surface area contributed by atoms with Gasteiger partial charge in [0.05, 0.1) is 17.2 Å². The van der Waals surface area contributed by atoms with Crippen molar-refractivity contribution < 1.29 is 14.3 Å². The molecule has 0 fully saturated rings. The Morgan fingerprint density at radius 1 is 0.935 bits per heavy atom. The molecule has 0 amide bonds. The van der Waals surface area contributed by atoms with Gasteiger partial charge in [0, 0.05) is 5.56 Å². The summed E-state index contributed by atoms with van der Waals surface area (Å²) < 4.78 is 6.32. The first-order chi connectivity index (χ1) is 15.1. The van der Waals surface area contributed by atoms with Gasteiger partial charge < -0.3 is 4.74 Å². The van der Waals surface area contributed by atoms with Gasteiger partial charge in [-0.3, -0.25) is 19.0 Å². The van der Waals surface area contributed by atoms with Crippen LogP contribution in [0.15, 0.2) is 77.9 Å². The molecule has 152 valence electrons. The second-order valence-corrected chi connectivity index (χ2v) is 7.48.